The lowest BCUT2D eigenvalue weighted by atomic mass is 10.1. The number of hydrogen-bond acceptors (Lipinski definition) is 7. The molecule has 0 aliphatic heterocycles. The first-order chi connectivity index (χ1) is 16.8. The smallest absolute Gasteiger partial charge is 0.308 e. The highest BCUT2D eigenvalue weighted by atomic mass is 32.1. The molecule has 0 saturated heterocycles. The predicted octanol–water partition coefficient (Wildman–Crippen LogP) is 7.66. The highest BCUT2D eigenvalue weighted by Crippen LogP contribution is 2.20. The van der Waals surface area contributed by atoms with Gasteiger partial charge in [0.1, 0.15) is 5.60 Å². The van der Waals surface area contributed by atoms with Crippen molar-refractivity contribution >= 4 is 33.5 Å². The number of allylic oxidation sites excluding steroid dienone is 2. The summed E-state index contributed by atoms with van der Waals surface area (Å²) in [5.74, 6) is -0.290. The molecule has 2 N–H and O–H groups in total. The lowest BCUT2D eigenvalue weighted by molar-refractivity contribution is -0.154. The number of carbonyl (C=O) groups is 2. The van der Waals surface area contributed by atoms with Gasteiger partial charge in [-0.05, 0) is 52.9 Å². The molecule has 8 heteroatoms. The van der Waals surface area contributed by atoms with E-state index in [-0.39, 0.29) is 18.3 Å². The molecule has 0 bridgehead atoms. The van der Waals surface area contributed by atoms with E-state index in [0.717, 1.165) is 12.8 Å². The maximum absolute atomic E-state index is 12.1. The molecule has 0 spiro atoms. The van der Waals surface area contributed by atoms with Gasteiger partial charge in [0.25, 0.3) is 0 Å². The largest absolute Gasteiger partial charge is 0.460 e. The minimum Gasteiger partial charge on any atom is -0.460 e. The summed E-state index contributed by atoms with van der Waals surface area (Å²) < 4.78 is 5.27. The lowest BCUT2D eigenvalue weighted by Gasteiger charge is -2.19. The molecule has 1 aromatic heterocycles. The molecule has 1 heterocycles. The summed E-state index contributed by atoms with van der Waals surface area (Å²) in [4.78, 5) is 23.9. The fraction of sp³-hybridized carbons (Fsp3) is 0.778. The third kappa shape index (κ3) is 19.0. The van der Waals surface area contributed by atoms with Gasteiger partial charge in [0.05, 0.1) is 6.42 Å². The normalized spacial score (nSPS) is 11.7. The number of nitrogens with one attached hydrogen (secondary N) is 2. The van der Waals surface area contributed by atoms with Crippen LogP contribution in [0.25, 0.3) is 0 Å². The van der Waals surface area contributed by atoms with E-state index in [1.54, 1.807) is 0 Å². The number of carbonyl (C=O) groups excluding carboxylic acids is 2. The third-order valence-corrected chi connectivity index (χ3v) is 6.16. The zero-order chi connectivity index (χ0) is 25.8. The molecular formula is C27H48N4O3S. The molecule has 0 aliphatic carbocycles. The maximum Gasteiger partial charge on any atom is 0.308 e. The van der Waals surface area contributed by atoms with Crippen molar-refractivity contribution in [1.82, 2.24) is 10.2 Å². The van der Waals surface area contributed by atoms with Crippen LogP contribution in [-0.2, 0) is 14.3 Å². The van der Waals surface area contributed by atoms with Crippen LogP contribution in [0.2, 0.25) is 0 Å². The topological polar surface area (TPSA) is 93.2 Å². The van der Waals surface area contributed by atoms with E-state index in [2.05, 4.69) is 39.9 Å². The van der Waals surface area contributed by atoms with Gasteiger partial charge in [-0.25, -0.2) is 0 Å². The van der Waals surface area contributed by atoms with Crippen LogP contribution < -0.4 is 10.6 Å². The molecule has 200 valence electrons. The van der Waals surface area contributed by atoms with E-state index < -0.39 is 5.60 Å². The molecule has 35 heavy (non-hydrogen) atoms. The average Bonchev–Trinajstić information content (AvgIpc) is 3.22. The molecule has 1 aromatic rings. The van der Waals surface area contributed by atoms with Crippen LogP contribution in [0.1, 0.15) is 124 Å². The Morgan fingerprint density at radius 1 is 0.829 bits per heavy atom. The van der Waals surface area contributed by atoms with Gasteiger partial charge in [-0.1, -0.05) is 81.8 Å². The highest BCUT2D eigenvalue weighted by molar-refractivity contribution is 7.19. The van der Waals surface area contributed by atoms with Gasteiger partial charge in [0, 0.05) is 13.0 Å². The number of rotatable bonds is 20. The molecule has 1 amide bonds. The van der Waals surface area contributed by atoms with Crippen LogP contribution in [0.15, 0.2) is 12.2 Å². The molecule has 0 atom stereocenters. The first-order valence-corrected chi connectivity index (χ1v) is 14.4. The first kappa shape index (κ1) is 31.1. The van der Waals surface area contributed by atoms with E-state index in [9.17, 15) is 9.59 Å². The maximum atomic E-state index is 12.1. The molecule has 0 aliphatic rings. The van der Waals surface area contributed by atoms with Crippen LogP contribution in [0.3, 0.4) is 0 Å². The minimum atomic E-state index is -0.485. The highest BCUT2D eigenvalue weighted by Gasteiger charge is 2.16. The SMILES string of the molecule is CCCCCCCCC=CCCCCCCCC(=O)Nc1nnc(NCCC(=O)OC(C)(C)C)s1. The number of hydrogen-bond donors (Lipinski definition) is 2. The Balaban J connectivity index is 1.99. The van der Waals surface area contributed by atoms with Crippen molar-refractivity contribution in [1.29, 1.82) is 0 Å². The molecule has 0 fully saturated rings. The molecule has 0 unspecified atom stereocenters. The second kappa shape index (κ2) is 19.3. The standard InChI is InChI=1S/C27H48N4O3S/c1-5-6-7-8-9-10-11-12-13-14-15-16-17-18-19-20-23(32)29-26-31-30-25(35-26)28-22-21-24(33)34-27(2,3)4/h12-13H,5-11,14-22H2,1-4H3,(H,28,30)(H,29,31,32). The van der Waals surface area contributed by atoms with Crippen molar-refractivity contribution < 1.29 is 14.3 Å². The van der Waals surface area contributed by atoms with Crippen molar-refractivity contribution in [2.24, 2.45) is 0 Å². The second-order valence-electron chi connectivity index (χ2n) is 10.1. The van der Waals surface area contributed by atoms with E-state index in [0.29, 0.717) is 23.2 Å². The second-order valence-corrected chi connectivity index (χ2v) is 11.0. The van der Waals surface area contributed by atoms with E-state index in [4.69, 9.17) is 4.74 Å². The number of unbranched alkanes of at least 4 members (excludes halogenated alkanes) is 11. The van der Waals surface area contributed by atoms with Gasteiger partial charge in [-0.3, -0.25) is 9.59 Å². The van der Waals surface area contributed by atoms with Crippen molar-refractivity contribution in [3.8, 4) is 0 Å². The number of anilines is 2. The molecule has 0 radical (unpaired) electrons. The van der Waals surface area contributed by atoms with Gasteiger partial charge in [-0.2, -0.15) is 0 Å². The van der Waals surface area contributed by atoms with E-state index in [1.807, 2.05) is 20.8 Å². The quantitative estimate of drug-likeness (QED) is 0.107. The molecule has 1 rings (SSSR count). The fourth-order valence-electron chi connectivity index (χ4n) is 3.55. The predicted molar refractivity (Wildman–Crippen MR) is 147 cm³/mol. The third-order valence-electron chi connectivity index (χ3n) is 5.36. The Hall–Kier alpha value is -1.96. The average molecular weight is 509 g/mol. The number of esters is 1. The number of aromatic nitrogens is 2. The Labute approximate surface area is 216 Å². The fourth-order valence-corrected chi connectivity index (χ4v) is 4.23. The van der Waals surface area contributed by atoms with Gasteiger partial charge in [-0.15, -0.1) is 10.2 Å². The molecule has 0 saturated carbocycles. The zero-order valence-electron chi connectivity index (χ0n) is 22.5. The van der Waals surface area contributed by atoms with E-state index >= 15 is 0 Å². The zero-order valence-corrected chi connectivity index (χ0v) is 23.3. The molecule has 7 nitrogen and oxygen atoms in total. The summed E-state index contributed by atoms with van der Waals surface area (Å²) in [5.41, 5.74) is -0.485. The number of amides is 1. The van der Waals surface area contributed by atoms with Gasteiger partial charge >= 0.3 is 5.97 Å². The van der Waals surface area contributed by atoms with Gasteiger partial charge < -0.3 is 15.4 Å². The van der Waals surface area contributed by atoms with Gasteiger partial charge in [0.2, 0.25) is 16.2 Å². The Morgan fingerprint density at radius 2 is 1.40 bits per heavy atom. The molecular weight excluding hydrogens is 460 g/mol. The summed E-state index contributed by atoms with van der Waals surface area (Å²) in [6.07, 6.45) is 21.6. The van der Waals surface area contributed by atoms with Crippen LogP contribution in [0.5, 0.6) is 0 Å². The Morgan fingerprint density at radius 3 is 2.03 bits per heavy atom. The van der Waals surface area contributed by atoms with Gasteiger partial charge in [0.15, 0.2) is 0 Å². The summed E-state index contributed by atoms with van der Waals surface area (Å²) in [7, 11) is 0. The Kier molecular flexibility index (Phi) is 17.1. The number of nitrogens with zero attached hydrogens (tertiary/aromatic N) is 2. The number of ether oxygens (including phenoxy) is 1. The van der Waals surface area contributed by atoms with Crippen molar-refractivity contribution in [3.63, 3.8) is 0 Å². The summed E-state index contributed by atoms with van der Waals surface area (Å²) >= 11 is 1.27. The molecule has 0 aromatic carbocycles. The summed E-state index contributed by atoms with van der Waals surface area (Å²) in [6.45, 7) is 8.20. The van der Waals surface area contributed by atoms with Crippen LogP contribution in [0.4, 0.5) is 10.3 Å². The van der Waals surface area contributed by atoms with Crippen molar-refractivity contribution in [2.75, 3.05) is 17.2 Å². The van der Waals surface area contributed by atoms with Crippen molar-refractivity contribution in [2.45, 2.75) is 130 Å². The van der Waals surface area contributed by atoms with E-state index in [1.165, 1.54) is 82.0 Å². The first-order valence-electron chi connectivity index (χ1n) is 13.5. The lowest BCUT2D eigenvalue weighted by Crippen LogP contribution is -2.25. The van der Waals surface area contributed by atoms with Crippen LogP contribution in [-0.4, -0.2) is 34.2 Å². The monoisotopic (exact) mass is 508 g/mol. The van der Waals surface area contributed by atoms with Crippen LogP contribution >= 0.6 is 11.3 Å². The minimum absolute atomic E-state index is 0.0286. The summed E-state index contributed by atoms with van der Waals surface area (Å²) in [5, 5.41) is 14.9. The van der Waals surface area contributed by atoms with Crippen molar-refractivity contribution in [3.05, 3.63) is 12.2 Å². The van der Waals surface area contributed by atoms with Crippen LogP contribution in [0, 0.1) is 0 Å². The Bertz CT molecular complexity index is 728. The summed E-state index contributed by atoms with van der Waals surface area (Å²) in [6, 6.07) is 0.